The molecule has 2 unspecified atom stereocenters. The summed E-state index contributed by atoms with van der Waals surface area (Å²) in [5.41, 5.74) is 0. The molecule has 1 rings (SSSR count). The van der Waals surface area contributed by atoms with Gasteiger partial charge in [-0.05, 0) is 38.5 Å². The van der Waals surface area contributed by atoms with Gasteiger partial charge < -0.3 is 19.7 Å². The molecule has 5 heteroatoms. The number of unbranched alkanes of at least 4 members (excludes halogenated alkanes) is 3. The van der Waals surface area contributed by atoms with E-state index in [-0.39, 0.29) is 18.2 Å². The highest BCUT2D eigenvalue weighted by Gasteiger charge is 2.36. The lowest BCUT2D eigenvalue weighted by Crippen LogP contribution is -2.25. The fourth-order valence-corrected chi connectivity index (χ4v) is 3.11. The maximum absolute atomic E-state index is 11.1. The van der Waals surface area contributed by atoms with E-state index in [4.69, 9.17) is 4.74 Å². The van der Waals surface area contributed by atoms with Gasteiger partial charge in [-0.1, -0.05) is 44.1 Å². The van der Waals surface area contributed by atoms with Crippen molar-refractivity contribution < 1.29 is 24.5 Å². The van der Waals surface area contributed by atoms with Crippen LogP contribution in [-0.2, 0) is 14.3 Å². The van der Waals surface area contributed by atoms with E-state index in [1.165, 1.54) is 26.4 Å². The van der Waals surface area contributed by atoms with Gasteiger partial charge in [-0.3, -0.25) is 4.79 Å². The van der Waals surface area contributed by atoms with E-state index in [0.29, 0.717) is 32.1 Å². The van der Waals surface area contributed by atoms with Crippen molar-refractivity contribution in [3.63, 3.8) is 0 Å². The molecule has 0 bridgehead atoms. The molecule has 1 aliphatic rings. The number of carbonyl (C=O) groups excluding carboxylic acids is 1. The Labute approximate surface area is 158 Å². The number of hydrogen-bond donors (Lipinski definition) is 2. The van der Waals surface area contributed by atoms with E-state index in [2.05, 4.69) is 29.9 Å². The molecular formula is C21H36O5. The second kappa shape index (κ2) is 14.0. The van der Waals surface area contributed by atoms with Crippen LogP contribution < -0.4 is 0 Å². The number of allylic oxidation sites excluding steroid dienone is 3. The molecule has 26 heavy (non-hydrogen) atoms. The molecule has 5 nitrogen and oxygen atoms in total. The molecule has 1 aliphatic heterocycles. The Balaban J connectivity index is 2.19. The quantitative estimate of drug-likeness (QED) is 0.295. The Kier molecular flexibility index (Phi) is 12.3. The molecule has 0 amide bonds. The summed E-state index contributed by atoms with van der Waals surface area (Å²) in [4.78, 5) is 11.1. The minimum absolute atomic E-state index is 0.251. The van der Waals surface area contributed by atoms with Gasteiger partial charge in [-0.15, -0.1) is 0 Å². The predicted octanol–water partition coefficient (Wildman–Crippen LogP) is 3.68. The van der Waals surface area contributed by atoms with Crippen LogP contribution in [0.5, 0.6) is 0 Å². The van der Waals surface area contributed by atoms with Crippen molar-refractivity contribution in [2.24, 2.45) is 0 Å². The number of aliphatic hydroxyl groups is 2. The smallest absolute Gasteiger partial charge is 0.305 e. The van der Waals surface area contributed by atoms with Gasteiger partial charge in [0.2, 0.25) is 0 Å². The summed E-state index contributed by atoms with van der Waals surface area (Å²) in [6.07, 6.45) is 14.8. The topological polar surface area (TPSA) is 76.0 Å². The van der Waals surface area contributed by atoms with Gasteiger partial charge in [0.05, 0.1) is 31.5 Å². The third kappa shape index (κ3) is 9.51. The number of hydrogen-bond acceptors (Lipinski definition) is 5. The van der Waals surface area contributed by atoms with Crippen molar-refractivity contribution >= 4 is 5.97 Å². The Morgan fingerprint density at radius 2 is 2.00 bits per heavy atom. The molecule has 1 heterocycles. The normalized spacial score (nSPS) is 24.5. The summed E-state index contributed by atoms with van der Waals surface area (Å²) in [5.74, 6) is -0.251. The minimum Gasteiger partial charge on any atom is -0.469 e. The number of methoxy groups -OCH3 is 1. The van der Waals surface area contributed by atoms with Crippen LogP contribution in [0.25, 0.3) is 0 Å². The lowest BCUT2D eigenvalue weighted by atomic mass is 10.0. The molecule has 0 radical (unpaired) electrons. The zero-order valence-electron chi connectivity index (χ0n) is 16.3. The summed E-state index contributed by atoms with van der Waals surface area (Å²) >= 11 is 0. The van der Waals surface area contributed by atoms with Crippen LogP contribution in [0.4, 0.5) is 0 Å². The largest absolute Gasteiger partial charge is 0.469 e. The number of ether oxygens (including phenoxy) is 2. The Morgan fingerprint density at radius 3 is 2.73 bits per heavy atom. The van der Waals surface area contributed by atoms with Crippen LogP contribution in [0.15, 0.2) is 24.3 Å². The standard InChI is InChI=1S/C21H36O5/c1-3-4-5-6-7-8-9-10-11-13-17(22)20-16-18(23)19(26-20)14-12-15-21(24)25-2/h7-8,10-11,17-20,22-23H,3-6,9,12-16H2,1-2H3/t17?,18?,19-,20-/m0/s1. The van der Waals surface area contributed by atoms with Crippen LogP contribution in [0.3, 0.4) is 0 Å². The van der Waals surface area contributed by atoms with Crippen LogP contribution in [0, 0.1) is 0 Å². The zero-order valence-corrected chi connectivity index (χ0v) is 16.3. The van der Waals surface area contributed by atoms with Crippen LogP contribution in [-0.4, -0.2) is 47.7 Å². The number of aliphatic hydroxyl groups excluding tert-OH is 2. The highest BCUT2D eigenvalue weighted by Crippen LogP contribution is 2.27. The number of rotatable bonds is 13. The van der Waals surface area contributed by atoms with Crippen molar-refractivity contribution in [3.05, 3.63) is 24.3 Å². The molecule has 0 aliphatic carbocycles. The summed E-state index contributed by atoms with van der Waals surface area (Å²) < 4.78 is 10.4. The maximum Gasteiger partial charge on any atom is 0.305 e. The molecule has 0 aromatic rings. The lowest BCUT2D eigenvalue weighted by molar-refractivity contribution is -0.140. The summed E-state index contributed by atoms with van der Waals surface area (Å²) in [6.45, 7) is 2.20. The number of esters is 1. The first-order valence-electron chi connectivity index (χ1n) is 9.96. The van der Waals surface area contributed by atoms with Gasteiger partial charge >= 0.3 is 5.97 Å². The van der Waals surface area contributed by atoms with Gasteiger partial charge in [0.15, 0.2) is 0 Å². The van der Waals surface area contributed by atoms with Crippen molar-refractivity contribution in [1.29, 1.82) is 0 Å². The highest BCUT2D eigenvalue weighted by molar-refractivity contribution is 5.68. The molecular weight excluding hydrogens is 332 g/mol. The Morgan fingerprint density at radius 1 is 1.23 bits per heavy atom. The SMILES string of the molecule is CCCCCC=CCC=CCC(O)[C@@H]1CC(O)[C@H](CCCC(=O)OC)O1. The van der Waals surface area contributed by atoms with Crippen molar-refractivity contribution in [1.82, 2.24) is 0 Å². The lowest BCUT2D eigenvalue weighted by Gasteiger charge is -2.18. The number of carbonyl (C=O) groups is 1. The summed E-state index contributed by atoms with van der Waals surface area (Å²) in [7, 11) is 1.37. The second-order valence-corrected chi connectivity index (χ2v) is 6.96. The second-order valence-electron chi connectivity index (χ2n) is 6.96. The van der Waals surface area contributed by atoms with E-state index in [1.54, 1.807) is 0 Å². The van der Waals surface area contributed by atoms with Crippen LogP contribution in [0.2, 0.25) is 0 Å². The van der Waals surface area contributed by atoms with Crippen molar-refractivity contribution in [3.8, 4) is 0 Å². The van der Waals surface area contributed by atoms with Gasteiger partial charge in [-0.2, -0.15) is 0 Å². The minimum atomic E-state index is -0.611. The zero-order chi connectivity index (χ0) is 19.2. The van der Waals surface area contributed by atoms with Crippen molar-refractivity contribution in [2.45, 2.75) is 95.5 Å². The molecule has 150 valence electrons. The summed E-state index contributed by atoms with van der Waals surface area (Å²) in [6, 6.07) is 0. The molecule has 0 aromatic heterocycles. The van der Waals surface area contributed by atoms with E-state index in [9.17, 15) is 15.0 Å². The molecule has 1 fully saturated rings. The molecule has 4 atom stereocenters. The third-order valence-electron chi connectivity index (χ3n) is 4.74. The fraction of sp³-hybridized carbons (Fsp3) is 0.762. The maximum atomic E-state index is 11.1. The predicted molar refractivity (Wildman–Crippen MR) is 103 cm³/mol. The molecule has 1 saturated heterocycles. The average molecular weight is 369 g/mol. The summed E-state index contributed by atoms with van der Waals surface area (Å²) in [5, 5.41) is 20.3. The van der Waals surface area contributed by atoms with Gasteiger partial charge in [-0.25, -0.2) is 0 Å². The van der Waals surface area contributed by atoms with E-state index in [1.807, 2.05) is 6.08 Å². The monoisotopic (exact) mass is 368 g/mol. The van der Waals surface area contributed by atoms with Gasteiger partial charge in [0, 0.05) is 12.8 Å². The Bertz CT molecular complexity index is 432. The molecule has 0 aromatic carbocycles. The molecule has 0 saturated carbocycles. The average Bonchev–Trinajstić information content (AvgIpc) is 3.01. The molecule has 0 spiro atoms. The first kappa shape index (κ1) is 22.9. The molecule has 2 N–H and O–H groups in total. The van der Waals surface area contributed by atoms with Gasteiger partial charge in [0.1, 0.15) is 0 Å². The third-order valence-corrected chi connectivity index (χ3v) is 4.74. The Hall–Kier alpha value is -1.17. The van der Waals surface area contributed by atoms with E-state index in [0.717, 1.165) is 12.8 Å². The van der Waals surface area contributed by atoms with Gasteiger partial charge in [0.25, 0.3) is 0 Å². The first-order chi connectivity index (χ1) is 12.6. The van der Waals surface area contributed by atoms with E-state index < -0.39 is 12.2 Å². The van der Waals surface area contributed by atoms with Crippen molar-refractivity contribution in [2.75, 3.05) is 7.11 Å². The van der Waals surface area contributed by atoms with E-state index >= 15 is 0 Å². The first-order valence-corrected chi connectivity index (χ1v) is 9.96. The van der Waals surface area contributed by atoms with Crippen LogP contribution >= 0.6 is 0 Å². The van der Waals surface area contributed by atoms with Crippen LogP contribution in [0.1, 0.15) is 71.1 Å². The fourth-order valence-electron chi connectivity index (χ4n) is 3.11. The highest BCUT2D eigenvalue weighted by atomic mass is 16.5.